The Hall–Kier alpha value is -1.72. The largest absolute Gasteiger partial charge is 0.434 e. The Kier molecular flexibility index (Phi) is 4.94. The third kappa shape index (κ3) is 3.94. The van der Waals surface area contributed by atoms with Crippen LogP contribution in [0.5, 0.6) is 0 Å². The first-order valence-corrected chi connectivity index (χ1v) is 9.81. The van der Waals surface area contributed by atoms with Crippen LogP contribution in [0.2, 0.25) is 0 Å². The van der Waals surface area contributed by atoms with Crippen molar-refractivity contribution in [3.05, 3.63) is 0 Å². The number of nitrogens with zero attached hydrogens (tertiary/aromatic N) is 1. The molecule has 170 valence electrons. The SMILES string of the molecule is O=C(NC1CC2(COC2)C1)C1CC12CCN(C(=O)OC(C(F)(F)F)C(F)(F)F)CC2. The molecule has 1 unspecified atom stereocenters. The fraction of sp³-hybridized carbons (Fsp3) is 0.889. The Morgan fingerprint density at radius 1 is 1.00 bits per heavy atom. The number of nitrogens with one attached hydrogen (secondary N) is 1. The first-order chi connectivity index (χ1) is 13.8. The van der Waals surface area contributed by atoms with Crippen LogP contribution in [0.25, 0.3) is 0 Å². The molecule has 2 aliphatic carbocycles. The zero-order valence-electron chi connectivity index (χ0n) is 15.9. The minimum atomic E-state index is -5.74. The average molecular weight is 444 g/mol. The Balaban J connectivity index is 1.24. The van der Waals surface area contributed by atoms with Crippen LogP contribution in [0.15, 0.2) is 0 Å². The molecule has 6 nitrogen and oxygen atoms in total. The van der Waals surface area contributed by atoms with E-state index in [1.54, 1.807) is 0 Å². The number of hydrogen-bond acceptors (Lipinski definition) is 4. The van der Waals surface area contributed by atoms with E-state index in [1.165, 1.54) is 0 Å². The van der Waals surface area contributed by atoms with E-state index in [0.29, 0.717) is 19.3 Å². The second-order valence-electron chi connectivity index (χ2n) is 9.06. The molecule has 2 saturated carbocycles. The van der Waals surface area contributed by atoms with Gasteiger partial charge in [-0.05, 0) is 37.5 Å². The third-order valence-corrected chi connectivity index (χ3v) is 6.86. The number of carbonyl (C=O) groups excluding carboxylic acids is 2. The monoisotopic (exact) mass is 444 g/mol. The lowest BCUT2D eigenvalue weighted by Gasteiger charge is -2.53. The average Bonchev–Trinajstić information content (AvgIpc) is 3.25. The Bertz CT molecular complexity index is 690. The van der Waals surface area contributed by atoms with Gasteiger partial charge in [0.2, 0.25) is 5.91 Å². The van der Waals surface area contributed by atoms with Gasteiger partial charge in [0.15, 0.2) is 0 Å². The van der Waals surface area contributed by atoms with Gasteiger partial charge in [0.1, 0.15) is 0 Å². The second-order valence-corrected chi connectivity index (χ2v) is 9.06. The summed E-state index contributed by atoms with van der Waals surface area (Å²) in [5.74, 6) is -0.303. The summed E-state index contributed by atoms with van der Waals surface area (Å²) in [6.07, 6.45) is -14.2. The van der Waals surface area contributed by atoms with Crippen LogP contribution >= 0.6 is 0 Å². The minimum absolute atomic E-state index is 0.0467. The summed E-state index contributed by atoms with van der Waals surface area (Å²) < 4.78 is 84.3. The van der Waals surface area contributed by atoms with E-state index in [2.05, 4.69) is 10.1 Å². The molecular weight excluding hydrogens is 422 g/mol. The predicted octanol–water partition coefficient (Wildman–Crippen LogP) is 3.01. The van der Waals surface area contributed by atoms with Crippen molar-refractivity contribution >= 4 is 12.0 Å². The Morgan fingerprint density at radius 2 is 1.57 bits per heavy atom. The van der Waals surface area contributed by atoms with E-state index in [9.17, 15) is 35.9 Å². The van der Waals surface area contributed by atoms with Gasteiger partial charge in [-0.15, -0.1) is 0 Å². The molecule has 2 aliphatic heterocycles. The van der Waals surface area contributed by atoms with Crippen LogP contribution in [0, 0.1) is 16.7 Å². The van der Waals surface area contributed by atoms with Crippen LogP contribution in [0.1, 0.15) is 32.1 Å². The molecule has 0 bridgehead atoms. The summed E-state index contributed by atoms with van der Waals surface area (Å²) in [6.45, 7) is 1.36. The molecule has 4 aliphatic rings. The normalized spacial score (nSPS) is 27.6. The molecule has 12 heteroatoms. The van der Waals surface area contributed by atoms with Crippen molar-refractivity contribution in [2.45, 2.75) is 56.6 Å². The molecule has 30 heavy (non-hydrogen) atoms. The minimum Gasteiger partial charge on any atom is -0.426 e. The second kappa shape index (κ2) is 6.89. The Labute approximate surface area is 168 Å². The summed E-state index contributed by atoms with van der Waals surface area (Å²) in [5.41, 5.74) is -0.120. The van der Waals surface area contributed by atoms with Gasteiger partial charge < -0.3 is 19.7 Å². The quantitative estimate of drug-likeness (QED) is 0.680. The van der Waals surface area contributed by atoms with Gasteiger partial charge >= 0.3 is 18.4 Å². The van der Waals surface area contributed by atoms with Crippen LogP contribution in [0.4, 0.5) is 31.1 Å². The molecule has 2 heterocycles. The van der Waals surface area contributed by atoms with Crippen LogP contribution in [0.3, 0.4) is 0 Å². The molecule has 0 aromatic rings. The number of likely N-dealkylation sites (tertiary alicyclic amines) is 1. The number of rotatable bonds is 3. The fourth-order valence-corrected chi connectivity index (χ4v) is 4.92. The molecule has 2 saturated heterocycles. The lowest BCUT2D eigenvalue weighted by atomic mass is 9.64. The first kappa shape index (κ1) is 21.5. The van der Waals surface area contributed by atoms with Crippen molar-refractivity contribution in [1.29, 1.82) is 0 Å². The van der Waals surface area contributed by atoms with E-state index in [1.807, 2.05) is 0 Å². The smallest absolute Gasteiger partial charge is 0.426 e. The maximum Gasteiger partial charge on any atom is 0.434 e. The Morgan fingerprint density at radius 3 is 2.03 bits per heavy atom. The van der Waals surface area contributed by atoms with Crippen LogP contribution in [-0.4, -0.2) is 67.7 Å². The van der Waals surface area contributed by atoms with E-state index < -0.39 is 24.5 Å². The summed E-state index contributed by atoms with van der Waals surface area (Å²) in [4.78, 5) is 25.2. The maximum atomic E-state index is 12.6. The number of hydrogen-bond donors (Lipinski definition) is 1. The molecule has 2 spiro atoms. The van der Waals surface area contributed by atoms with Gasteiger partial charge in [-0.1, -0.05) is 0 Å². The highest BCUT2D eigenvalue weighted by atomic mass is 19.4. The van der Waals surface area contributed by atoms with Gasteiger partial charge in [-0.3, -0.25) is 4.79 Å². The highest BCUT2D eigenvalue weighted by Gasteiger charge is 2.62. The van der Waals surface area contributed by atoms with Gasteiger partial charge in [0.05, 0.1) is 13.2 Å². The fourth-order valence-electron chi connectivity index (χ4n) is 4.92. The predicted molar refractivity (Wildman–Crippen MR) is 88.1 cm³/mol. The van der Waals surface area contributed by atoms with E-state index in [0.717, 1.165) is 31.0 Å². The van der Waals surface area contributed by atoms with Gasteiger partial charge in [-0.2, -0.15) is 26.3 Å². The van der Waals surface area contributed by atoms with Crippen molar-refractivity contribution in [1.82, 2.24) is 10.2 Å². The number of piperidine rings is 1. The molecule has 2 amide bonds. The van der Waals surface area contributed by atoms with Gasteiger partial charge in [-0.25, -0.2) is 4.79 Å². The highest BCUT2D eigenvalue weighted by Crippen LogP contribution is 2.60. The molecular formula is C18H22F6N2O4. The van der Waals surface area contributed by atoms with Crippen molar-refractivity contribution in [3.63, 3.8) is 0 Å². The first-order valence-electron chi connectivity index (χ1n) is 9.81. The number of alkyl halides is 6. The van der Waals surface area contributed by atoms with E-state index in [-0.39, 0.29) is 41.8 Å². The van der Waals surface area contributed by atoms with Crippen molar-refractivity contribution in [2.24, 2.45) is 16.7 Å². The van der Waals surface area contributed by atoms with Gasteiger partial charge in [0.25, 0.3) is 6.10 Å². The molecule has 0 radical (unpaired) electrons. The maximum absolute atomic E-state index is 12.6. The number of carbonyl (C=O) groups is 2. The van der Waals surface area contributed by atoms with E-state index >= 15 is 0 Å². The van der Waals surface area contributed by atoms with Crippen molar-refractivity contribution in [2.75, 3.05) is 26.3 Å². The lowest BCUT2D eigenvalue weighted by molar-refractivity contribution is -0.308. The summed E-state index contributed by atoms with van der Waals surface area (Å²) in [6, 6.07) is 0.121. The lowest BCUT2D eigenvalue weighted by Crippen LogP contribution is -2.59. The van der Waals surface area contributed by atoms with E-state index in [4.69, 9.17) is 4.74 Å². The number of halogens is 6. The molecule has 4 rings (SSSR count). The summed E-state index contributed by atoms with van der Waals surface area (Å²) in [7, 11) is 0. The summed E-state index contributed by atoms with van der Waals surface area (Å²) in [5, 5.41) is 3.02. The van der Waals surface area contributed by atoms with Crippen molar-refractivity contribution in [3.8, 4) is 0 Å². The molecule has 4 fully saturated rings. The van der Waals surface area contributed by atoms with Gasteiger partial charge in [0, 0.05) is 30.5 Å². The van der Waals surface area contributed by atoms with Crippen molar-refractivity contribution < 1.29 is 45.4 Å². The molecule has 0 aromatic carbocycles. The zero-order valence-corrected chi connectivity index (χ0v) is 15.9. The highest BCUT2D eigenvalue weighted by molar-refractivity contribution is 5.83. The zero-order chi connectivity index (χ0) is 21.9. The van der Waals surface area contributed by atoms with Crippen LogP contribution < -0.4 is 5.32 Å². The molecule has 0 aromatic heterocycles. The molecule has 1 atom stereocenters. The summed E-state index contributed by atoms with van der Waals surface area (Å²) >= 11 is 0. The topological polar surface area (TPSA) is 67.9 Å². The molecule has 1 N–H and O–H groups in total. The van der Waals surface area contributed by atoms with Crippen LogP contribution in [-0.2, 0) is 14.3 Å². The standard InChI is InChI=1S/C18H22F6N2O4/c19-17(20,21)13(18(22,23)24)30-14(28)26-3-1-16(2-4-26)7-11(16)12(27)25-10-5-15(6-10)8-29-9-15/h10-11,13H,1-9H2,(H,25,27). The number of amides is 2. The number of ether oxygens (including phenoxy) is 2. The third-order valence-electron chi connectivity index (χ3n) is 6.86.